The van der Waals surface area contributed by atoms with Gasteiger partial charge in [0.15, 0.2) is 28.8 Å². The molecule has 5 nitrogen and oxygen atoms in total. The average Bonchev–Trinajstić information content (AvgIpc) is 2.71. The predicted octanol–water partition coefficient (Wildman–Crippen LogP) is 4.52. The number of methoxy groups -OCH3 is 3. The lowest BCUT2D eigenvalue weighted by Crippen LogP contribution is -1.99. The van der Waals surface area contributed by atoms with Gasteiger partial charge in [0.2, 0.25) is 0 Å². The maximum atomic E-state index is 12.2. The van der Waals surface area contributed by atoms with Gasteiger partial charge in [-0.05, 0) is 54.0 Å². The molecule has 0 bridgehead atoms. The van der Waals surface area contributed by atoms with Gasteiger partial charge in [-0.1, -0.05) is 19.1 Å². The molecule has 0 radical (unpaired) electrons. The van der Waals surface area contributed by atoms with E-state index in [1.165, 1.54) is 0 Å². The summed E-state index contributed by atoms with van der Waals surface area (Å²) in [5.41, 5.74) is 2.49. The first-order valence-electron chi connectivity index (χ1n) is 8.86. The highest BCUT2D eigenvalue weighted by molar-refractivity contribution is 6.00. The molecule has 0 heterocycles. The highest BCUT2D eigenvalue weighted by atomic mass is 16.5. The summed E-state index contributed by atoms with van der Waals surface area (Å²) in [6, 6.07) is 11.2. The van der Waals surface area contributed by atoms with E-state index in [1.54, 1.807) is 27.4 Å². The van der Waals surface area contributed by atoms with Crippen molar-refractivity contribution in [1.29, 1.82) is 0 Å². The number of ether oxygens (including phenoxy) is 4. The Bertz CT molecular complexity index is 823. The first-order chi connectivity index (χ1) is 13.1. The summed E-state index contributed by atoms with van der Waals surface area (Å²) in [4.78, 5) is 12.2. The lowest BCUT2D eigenvalue weighted by atomic mass is 9.95. The molecule has 0 aromatic heterocycles. The summed E-state index contributed by atoms with van der Waals surface area (Å²) in [6.45, 7) is 4.27. The van der Waals surface area contributed by atoms with Gasteiger partial charge in [0.1, 0.15) is 0 Å². The minimum Gasteiger partial charge on any atom is -0.493 e. The van der Waals surface area contributed by atoms with Gasteiger partial charge in [-0.3, -0.25) is 4.79 Å². The van der Waals surface area contributed by atoms with Crippen LogP contribution in [0, 0.1) is 0 Å². The summed E-state index contributed by atoms with van der Waals surface area (Å²) >= 11 is 0. The smallest absolute Gasteiger partial charge is 0.161 e. The van der Waals surface area contributed by atoms with Crippen molar-refractivity contribution in [3.8, 4) is 23.0 Å². The Morgan fingerprint density at radius 3 is 1.81 bits per heavy atom. The quantitative estimate of drug-likeness (QED) is 0.608. The predicted molar refractivity (Wildman–Crippen MR) is 106 cm³/mol. The molecule has 27 heavy (non-hydrogen) atoms. The Hall–Kier alpha value is -2.95. The number of carbonyl (C=O) groups excluding carboxylic acids is 1. The van der Waals surface area contributed by atoms with Crippen molar-refractivity contribution in [1.82, 2.24) is 0 Å². The van der Waals surface area contributed by atoms with Crippen molar-refractivity contribution < 1.29 is 23.7 Å². The van der Waals surface area contributed by atoms with Crippen molar-refractivity contribution in [3.05, 3.63) is 53.6 Å². The molecule has 0 unspecified atom stereocenters. The second-order valence-electron chi connectivity index (χ2n) is 5.75. The van der Waals surface area contributed by atoms with Gasteiger partial charge in [0.25, 0.3) is 0 Å². The van der Waals surface area contributed by atoms with Gasteiger partial charge in [-0.15, -0.1) is 0 Å². The first kappa shape index (κ1) is 20.4. The molecule has 2 rings (SSSR count). The minimum atomic E-state index is 0.0357. The van der Waals surface area contributed by atoms with E-state index in [0.717, 1.165) is 16.7 Å². The molecule has 0 aliphatic rings. The zero-order valence-electron chi connectivity index (χ0n) is 16.5. The molecule has 144 valence electrons. The third-order valence-electron chi connectivity index (χ3n) is 4.12. The molecular weight excluding hydrogens is 344 g/mol. The van der Waals surface area contributed by atoms with Crippen LogP contribution >= 0.6 is 0 Å². The topological polar surface area (TPSA) is 54.0 Å². The number of carbonyl (C=O) groups is 1. The summed E-state index contributed by atoms with van der Waals surface area (Å²) in [7, 11) is 4.78. The molecule has 0 aliphatic carbocycles. The molecule has 0 aliphatic heterocycles. The zero-order valence-corrected chi connectivity index (χ0v) is 16.5. The van der Waals surface area contributed by atoms with Crippen LogP contribution in [-0.2, 0) is 4.79 Å². The normalized spacial score (nSPS) is 11.1. The SMILES string of the molecule is CCOc1cc(/C(=C\C(=O)CC)c2ccc(OC)c(OC)c2)ccc1OC. The van der Waals surface area contributed by atoms with E-state index < -0.39 is 0 Å². The Labute approximate surface area is 160 Å². The third kappa shape index (κ3) is 4.82. The minimum absolute atomic E-state index is 0.0357. The summed E-state index contributed by atoms with van der Waals surface area (Å²) in [5.74, 6) is 2.55. The Morgan fingerprint density at radius 1 is 0.815 bits per heavy atom. The average molecular weight is 370 g/mol. The molecule has 0 fully saturated rings. The molecule has 0 atom stereocenters. The van der Waals surface area contributed by atoms with Crippen LogP contribution in [0.15, 0.2) is 42.5 Å². The number of hydrogen-bond acceptors (Lipinski definition) is 5. The fraction of sp³-hybridized carbons (Fsp3) is 0.318. The van der Waals surface area contributed by atoms with Crippen LogP contribution in [0.1, 0.15) is 31.4 Å². The van der Waals surface area contributed by atoms with Crippen molar-refractivity contribution in [3.63, 3.8) is 0 Å². The summed E-state index contributed by atoms with van der Waals surface area (Å²) in [6.07, 6.45) is 2.07. The van der Waals surface area contributed by atoms with Crippen LogP contribution in [0.25, 0.3) is 5.57 Å². The number of rotatable bonds is 9. The van der Waals surface area contributed by atoms with E-state index in [2.05, 4.69) is 0 Å². The van der Waals surface area contributed by atoms with Crippen LogP contribution in [0.3, 0.4) is 0 Å². The van der Waals surface area contributed by atoms with E-state index >= 15 is 0 Å². The highest BCUT2D eigenvalue weighted by Gasteiger charge is 2.14. The van der Waals surface area contributed by atoms with Crippen LogP contribution < -0.4 is 18.9 Å². The number of benzene rings is 2. The highest BCUT2D eigenvalue weighted by Crippen LogP contribution is 2.36. The fourth-order valence-corrected chi connectivity index (χ4v) is 2.71. The van der Waals surface area contributed by atoms with Crippen molar-refractivity contribution in [2.45, 2.75) is 20.3 Å². The van der Waals surface area contributed by atoms with Gasteiger partial charge < -0.3 is 18.9 Å². The van der Waals surface area contributed by atoms with E-state index in [-0.39, 0.29) is 5.78 Å². The van der Waals surface area contributed by atoms with Crippen molar-refractivity contribution in [2.24, 2.45) is 0 Å². The lowest BCUT2D eigenvalue weighted by molar-refractivity contribution is -0.114. The summed E-state index contributed by atoms with van der Waals surface area (Å²) < 4.78 is 21.8. The van der Waals surface area contributed by atoms with Gasteiger partial charge in [-0.2, -0.15) is 0 Å². The second kappa shape index (κ2) is 9.67. The van der Waals surface area contributed by atoms with Crippen molar-refractivity contribution in [2.75, 3.05) is 27.9 Å². The van der Waals surface area contributed by atoms with Crippen LogP contribution in [0.4, 0.5) is 0 Å². The Morgan fingerprint density at radius 2 is 1.33 bits per heavy atom. The van der Waals surface area contributed by atoms with Crippen molar-refractivity contribution >= 4 is 11.4 Å². The van der Waals surface area contributed by atoms with E-state index in [0.29, 0.717) is 36.0 Å². The van der Waals surface area contributed by atoms with Gasteiger partial charge in [-0.25, -0.2) is 0 Å². The van der Waals surface area contributed by atoms with Gasteiger partial charge >= 0.3 is 0 Å². The molecule has 0 spiro atoms. The number of allylic oxidation sites excluding steroid dienone is 1. The molecule has 0 N–H and O–H groups in total. The van der Waals surface area contributed by atoms with Gasteiger partial charge in [0.05, 0.1) is 27.9 Å². The Kier molecular flexibility index (Phi) is 7.29. The van der Waals surface area contributed by atoms with Crippen LogP contribution in [0.2, 0.25) is 0 Å². The molecule has 0 amide bonds. The Balaban J connectivity index is 2.61. The maximum absolute atomic E-state index is 12.2. The summed E-state index contributed by atoms with van der Waals surface area (Å²) in [5, 5.41) is 0. The molecular formula is C22H26O5. The van der Waals surface area contributed by atoms with E-state index in [4.69, 9.17) is 18.9 Å². The molecule has 0 saturated carbocycles. The fourth-order valence-electron chi connectivity index (χ4n) is 2.71. The maximum Gasteiger partial charge on any atom is 0.161 e. The van der Waals surface area contributed by atoms with E-state index in [1.807, 2.05) is 50.2 Å². The second-order valence-corrected chi connectivity index (χ2v) is 5.75. The van der Waals surface area contributed by atoms with E-state index in [9.17, 15) is 4.79 Å². The standard InChI is InChI=1S/C22H26O5/c1-6-17(23)14-18(15-8-10-19(24-3)21(12-15)26-5)16-9-11-20(25-4)22(13-16)27-7-2/h8-14H,6-7H2,1-5H3/b18-14-. The molecule has 2 aromatic rings. The first-order valence-corrected chi connectivity index (χ1v) is 8.86. The van der Waals surface area contributed by atoms with Crippen LogP contribution in [0.5, 0.6) is 23.0 Å². The van der Waals surface area contributed by atoms with Crippen LogP contribution in [-0.4, -0.2) is 33.7 Å². The zero-order chi connectivity index (χ0) is 19.8. The largest absolute Gasteiger partial charge is 0.493 e. The van der Waals surface area contributed by atoms with Gasteiger partial charge in [0, 0.05) is 6.42 Å². The molecule has 0 saturated heterocycles. The molecule has 5 heteroatoms. The third-order valence-corrected chi connectivity index (χ3v) is 4.12. The number of hydrogen-bond donors (Lipinski definition) is 0. The monoisotopic (exact) mass is 370 g/mol. The number of ketones is 1. The lowest BCUT2D eigenvalue weighted by Gasteiger charge is -2.15. The molecule has 2 aromatic carbocycles.